The van der Waals surface area contributed by atoms with Crippen molar-refractivity contribution in [2.75, 3.05) is 32.0 Å². The van der Waals surface area contributed by atoms with Crippen molar-refractivity contribution in [3.8, 4) is 11.5 Å². The first-order chi connectivity index (χ1) is 19.0. The van der Waals surface area contributed by atoms with Gasteiger partial charge >= 0.3 is 0 Å². The molecular weight excluding hydrogens is 494 g/mol. The molecule has 0 radical (unpaired) electrons. The van der Waals surface area contributed by atoms with Gasteiger partial charge in [-0.05, 0) is 74.3 Å². The minimum atomic E-state index is -0.278. The molecule has 0 aliphatic carbocycles. The Kier molecular flexibility index (Phi) is 6.62. The number of aromatic nitrogens is 3. The van der Waals surface area contributed by atoms with E-state index in [-0.39, 0.29) is 23.6 Å². The van der Waals surface area contributed by atoms with E-state index in [9.17, 15) is 9.59 Å². The molecule has 0 spiro atoms. The van der Waals surface area contributed by atoms with Crippen LogP contribution in [0.2, 0.25) is 0 Å². The zero-order valence-corrected chi connectivity index (χ0v) is 22.0. The Balaban J connectivity index is 1.13. The van der Waals surface area contributed by atoms with Gasteiger partial charge in [0, 0.05) is 56.3 Å². The molecule has 10 heteroatoms. The van der Waals surface area contributed by atoms with Gasteiger partial charge in [-0.3, -0.25) is 14.6 Å². The quantitative estimate of drug-likeness (QED) is 0.337. The van der Waals surface area contributed by atoms with Crippen LogP contribution in [0.25, 0.3) is 11.0 Å². The van der Waals surface area contributed by atoms with E-state index in [2.05, 4.69) is 25.8 Å². The van der Waals surface area contributed by atoms with E-state index < -0.39 is 0 Å². The highest BCUT2D eigenvalue weighted by Crippen LogP contribution is 2.29. The van der Waals surface area contributed by atoms with Crippen molar-refractivity contribution in [2.24, 2.45) is 13.0 Å². The van der Waals surface area contributed by atoms with Gasteiger partial charge in [-0.25, -0.2) is 4.98 Å². The van der Waals surface area contributed by atoms with E-state index in [1.807, 2.05) is 54.1 Å². The number of pyridine rings is 1. The number of hydrogen-bond donors (Lipinski definition) is 3. The summed E-state index contributed by atoms with van der Waals surface area (Å²) in [7, 11) is 3.50. The summed E-state index contributed by atoms with van der Waals surface area (Å²) in [6, 6.07) is 16.6. The van der Waals surface area contributed by atoms with Gasteiger partial charge in [-0.1, -0.05) is 0 Å². The van der Waals surface area contributed by atoms with Crippen LogP contribution in [0.4, 0.5) is 11.6 Å². The van der Waals surface area contributed by atoms with Crippen molar-refractivity contribution in [1.29, 1.82) is 0 Å². The molecule has 39 heavy (non-hydrogen) atoms. The zero-order valence-electron chi connectivity index (χ0n) is 22.0. The Morgan fingerprint density at radius 3 is 2.46 bits per heavy atom. The fourth-order valence-electron chi connectivity index (χ4n) is 5.43. The number of imidazole rings is 1. The number of carbonyl (C=O) groups is 2. The second-order valence-corrected chi connectivity index (χ2v) is 10.1. The number of piperidine rings is 3. The van der Waals surface area contributed by atoms with Gasteiger partial charge in [0.2, 0.25) is 5.95 Å². The number of benzene rings is 2. The number of anilines is 2. The third-order valence-electron chi connectivity index (χ3n) is 7.65. The Morgan fingerprint density at radius 2 is 1.74 bits per heavy atom. The van der Waals surface area contributed by atoms with Crippen molar-refractivity contribution in [1.82, 2.24) is 30.1 Å². The molecule has 2 bridgehead atoms. The van der Waals surface area contributed by atoms with Gasteiger partial charge in [0.15, 0.2) is 0 Å². The minimum absolute atomic E-state index is 0.0211. The summed E-state index contributed by atoms with van der Waals surface area (Å²) in [4.78, 5) is 36.0. The summed E-state index contributed by atoms with van der Waals surface area (Å²) in [6.07, 6.45) is 3.87. The SMILES string of the molecule is CNC(=O)c1cc(Oc2ccc3c(c2)nc(Nc2ccc(C(=O)N[C@@H]4CN5CCC4CC5)cc2)n3C)ccn1. The van der Waals surface area contributed by atoms with Gasteiger partial charge < -0.3 is 30.2 Å². The molecular formula is C29H31N7O3. The molecule has 3 N–H and O–H groups in total. The number of carbonyl (C=O) groups excluding carboxylic acids is 2. The van der Waals surface area contributed by atoms with Crippen LogP contribution in [0.5, 0.6) is 11.5 Å². The molecule has 0 unspecified atom stereocenters. The van der Waals surface area contributed by atoms with Crippen molar-refractivity contribution in [3.63, 3.8) is 0 Å². The fraction of sp³-hybridized carbons (Fsp3) is 0.310. The maximum atomic E-state index is 12.9. The van der Waals surface area contributed by atoms with E-state index in [0.717, 1.165) is 36.4 Å². The standard InChI is InChI=1S/C29H31N7O3/c1-30-28(38)24-16-22(9-12-31-24)39-21-7-8-26-23(15-21)34-29(35(26)2)32-20-5-3-19(4-6-20)27(37)33-25-17-36-13-10-18(25)11-14-36/h3-9,12,15-16,18,25H,10-11,13-14,17H2,1-2H3,(H,30,38)(H,32,34)(H,33,37)/t25-/m1/s1. The lowest BCUT2D eigenvalue weighted by Gasteiger charge is -2.44. The van der Waals surface area contributed by atoms with Crippen LogP contribution in [-0.2, 0) is 7.05 Å². The highest BCUT2D eigenvalue weighted by molar-refractivity contribution is 5.95. The number of amides is 2. The Morgan fingerprint density at radius 1 is 0.974 bits per heavy atom. The maximum Gasteiger partial charge on any atom is 0.269 e. The van der Waals surface area contributed by atoms with Crippen LogP contribution in [0.15, 0.2) is 60.8 Å². The molecule has 3 fully saturated rings. The van der Waals surface area contributed by atoms with Crippen LogP contribution >= 0.6 is 0 Å². The van der Waals surface area contributed by atoms with Gasteiger partial charge in [-0.15, -0.1) is 0 Å². The summed E-state index contributed by atoms with van der Waals surface area (Å²) in [5.74, 6) is 2.06. The van der Waals surface area contributed by atoms with Gasteiger partial charge in [0.25, 0.3) is 11.8 Å². The number of nitrogens with one attached hydrogen (secondary N) is 3. The molecule has 3 aliphatic rings. The average molecular weight is 526 g/mol. The summed E-state index contributed by atoms with van der Waals surface area (Å²) in [5, 5.41) is 9.15. The molecule has 5 heterocycles. The second kappa shape index (κ2) is 10.4. The third kappa shape index (κ3) is 5.15. The lowest BCUT2D eigenvalue weighted by Crippen LogP contribution is -2.57. The van der Waals surface area contributed by atoms with Gasteiger partial charge in [0.1, 0.15) is 17.2 Å². The largest absolute Gasteiger partial charge is 0.457 e. The van der Waals surface area contributed by atoms with E-state index in [1.54, 1.807) is 19.2 Å². The predicted octanol–water partition coefficient (Wildman–Crippen LogP) is 3.69. The number of hydrogen-bond acceptors (Lipinski definition) is 7. The topological polar surface area (TPSA) is 113 Å². The van der Waals surface area contributed by atoms with E-state index >= 15 is 0 Å². The van der Waals surface area contributed by atoms with E-state index in [0.29, 0.717) is 28.9 Å². The molecule has 3 aliphatic heterocycles. The van der Waals surface area contributed by atoms with Crippen molar-refractivity contribution in [2.45, 2.75) is 18.9 Å². The summed E-state index contributed by atoms with van der Waals surface area (Å²) in [6.45, 7) is 3.26. The minimum Gasteiger partial charge on any atom is -0.457 e. The van der Waals surface area contributed by atoms with Crippen LogP contribution < -0.4 is 20.7 Å². The van der Waals surface area contributed by atoms with Crippen molar-refractivity contribution >= 4 is 34.5 Å². The fourth-order valence-corrected chi connectivity index (χ4v) is 5.43. The zero-order chi connectivity index (χ0) is 26.9. The molecule has 4 aromatic rings. The number of ether oxygens (including phenoxy) is 1. The molecule has 200 valence electrons. The average Bonchev–Trinajstić information content (AvgIpc) is 3.27. The maximum absolute atomic E-state index is 12.9. The Labute approximate surface area is 226 Å². The second-order valence-electron chi connectivity index (χ2n) is 10.1. The highest BCUT2D eigenvalue weighted by Gasteiger charge is 2.34. The van der Waals surface area contributed by atoms with Crippen LogP contribution in [0, 0.1) is 5.92 Å². The first kappa shape index (κ1) is 24.9. The molecule has 3 saturated heterocycles. The number of nitrogens with zero attached hydrogens (tertiary/aromatic N) is 4. The lowest BCUT2D eigenvalue weighted by molar-refractivity contribution is 0.0620. The predicted molar refractivity (Wildman–Crippen MR) is 149 cm³/mol. The molecule has 2 aromatic carbocycles. The van der Waals surface area contributed by atoms with Crippen molar-refractivity contribution < 1.29 is 14.3 Å². The van der Waals surface area contributed by atoms with Gasteiger partial charge in [0.05, 0.1) is 11.0 Å². The molecule has 2 amide bonds. The normalized spacial score (nSPS) is 20.0. The van der Waals surface area contributed by atoms with Crippen LogP contribution in [0.1, 0.15) is 33.7 Å². The summed E-state index contributed by atoms with van der Waals surface area (Å²) in [5.41, 5.74) is 3.45. The molecule has 1 atom stereocenters. The van der Waals surface area contributed by atoms with E-state index in [4.69, 9.17) is 9.72 Å². The lowest BCUT2D eigenvalue weighted by atomic mass is 9.84. The number of fused-ring (bicyclic) bond motifs is 4. The Bertz CT molecular complexity index is 1520. The molecule has 7 rings (SSSR count). The first-order valence-electron chi connectivity index (χ1n) is 13.2. The molecule has 2 aromatic heterocycles. The van der Waals surface area contributed by atoms with Crippen molar-refractivity contribution in [3.05, 3.63) is 72.1 Å². The smallest absolute Gasteiger partial charge is 0.269 e. The molecule has 10 nitrogen and oxygen atoms in total. The number of aryl methyl sites for hydroxylation is 1. The van der Waals surface area contributed by atoms with Crippen LogP contribution in [0.3, 0.4) is 0 Å². The highest BCUT2D eigenvalue weighted by atomic mass is 16.5. The summed E-state index contributed by atoms with van der Waals surface area (Å²) >= 11 is 0. The van der Waals surface area contributed by atoms with Crippen LogP contribution in [-0.4, -0.2) is 64.0 Å². The van der Waals surface area contributed by atoms with Gasteiger partial charge in [-0.2, -0.15) is 0 Å². The number of rotatable bonds is 7. The first-order valence-corrected chi connectivity index (χ1v) is 13.2. The third-order valence-corrected chi connectivity index (χ3v) is 7.65. The summed E-state index contributed by atoms with van der Waals surface area (Å²) < 4.78 is 7.93. The van der Waals surface area contributed by atoms with E-state index in [1.165, 1.54) is 19.0 Å². The molecule has 0 saturated carbocycles. The Hall–Kier alpha value is -4.44. The monoisotopic (exact) mass is 525 g/mol.